The number of thioether (sulfide) groups is 1. The van der Waals surface area contributed by atoms with Gasteiger partial charge in [0.05, 0.1) is 12.5 Å². The van der Waals surface area contributed by atoms with Crippen LogP contribution < -0.4 is 5.32 Å². The molecule has 3 heteroatoms. The van der Waals surface area contributed by atoms with Crippen LogP contribution in [0.2, 0.25) is 0 Å². The summed E-state index contributed by atoms with van der Waals surface area (Å²) in [5.74, 6) is 1.31. The van der Waals surface area contributed by atoms with E-state index in [1.165, 1.54) is 37.0 Å². The molecule has 1 aromatic rings. The van der Waals surface area contributed by atoms with Gasteiger partial charge < -0.3 is 9.73 Å². The van der Waals surface area contributed by atoms with Crippen molar-refractivity contribution in [2.24, 2.45) is 0 Å². The predicted octanol–water partition coefficient (Wildman–Crippen LogP) is 3.29. The highest BCUT2D eigenvalue weighted by molar-refractivity contribution is 7.98. The molecule has 86 valence electrons. The van der Waals surface area contributed by atoms with Gasteiger partial charge in [-0.25, -0.2) is 0 Å². The molecule has 1 aromatic heterocycles. The topological polar surface area (TPSA) is 25.2 Å². The van der Waals surface area contributed by atoms with Crippen molar-refractivity contribution >= 4 is 11.8 Å². The van der Waals surface area contributed by atoms with Gasteiger partial charge in [0.2, 0.25) is 0 Å². The molecule has 0 radical (unpaired) electrons. The number of hydrogen-bond acceptors (Lipinski definition) is 3. The molecule has 0 bridgehead atoms. The van der Waals surface area contributed by atoms with Crippen LogP contribution in [-0.4, -0.2) is 18.6 Å². The van der Waals surface area contributed by atoms with E-state index in [4.69, 9.17) is 4.42 Å². The van der Waals surface area contributed by atoms with Crippen LogP contribution in [0.3, 0.4) is 0 Å². The maximum Gasteiger partial charge on any atom is 0.0947 e. The average Bonchev–Trinajstić information content (AvgIpc) is 2.75. The first kappa shape index (κ1) is 12.7. The van der Waals surface area contributed by atoms with Gasteiger partial charge in [0.1, 0.15) is 0 Å². The van der Waals surface area contributed by atoms with Crippen molar-refractivity contribution in [3.63, 3.8) is 0 Å². The molecule has 0 atom stereocenters. The van der Waals surface area contributed by atoms with Gasteiger partial charge in [-0.3, -0.25) is 0 Å². The highest BCUT2D eigenvalue weighted by Gasteiger charge is 1.93. The average molecular weight is 227 g/mol. The van der Waals surface area contributed by atoms with E-state index in [9.17, 15) is 0 Å². The fraction of sp³-hybridized carbons (Fsp3) is 0.667. The molecule has 1 rings (SSSR count). The van der Waals surface area contributed by atoms with Gasteiger partial charge in [0.25, 0.3) is 0 Å². The maximum atomic E-state index is 4.99. The Kier molecular flexibility index (Phi) is 7.48. The molecular formula is C12H21NOS. The van der Waals surface area contributed by atoms with Gasteiger partial charge >= 0.3 is 0 Å². The Morgan fingerprint density at radius 1 is 1.27 bits per heavy atom. The summed E-state index contributed by atoms with van der Waals surface area (Å²) >= 11 is 1.94. The summed E-state index contributed by atoms with van der Waals surface area (Å²) in [6.45, 7) is 2.05. The molecule has 0 saturated carbocycles. The minimum absolute atomic E-state index is 0.932. The molecule has 0 aliphatic rings. The minimum Gasteiger partial charge on any atom is -0.472 e. The summed E-state index contributed by atoms with van der Waals surface area (Å²) in [5, 5.41) is 3.41. The van der Waals surface area contributed by atoms with Crippen LogP contribution in [0, 0.1) is 0 Å². The zero-order chi connectivity index (χ0) is 10.8. The lowest BCUT2D eigenvalue weighted by Crippen LogP contribution is -2.14. The van der Waals surface area contributed by atoms with E-state index in [1.54, 1.807) is 12.5 Å². The van der Waals surface area contributed by atoms with Crippen molar-refractivity contribution in [1.82, 2.24) is 5.32 Å². The van der Waals surface area contributed by atoms with Crippen molar-refractivity contribution < 1.29 is 4.42 Å². The van der Waals surface area contributed by atoms with Gasteiger partial charge in [0, 0.05) is 12.1 Å². The van der Waals surface area contributed by atoms with Crippen LogP contribution in [0.15, 0.2) is 23.0 Å². The number of hydrogen-bond donors (Lipinski definition) is 1. The van der Waals surface area contributed by atoms with Gasteiger partial charge in [0.15, 0.2) is 0 Å². The van der Waals surface area contributed by atoms with E-state index in [1.807, 2.05) is 17.8 Å². The lowest BCUT2D eigenvalue weighted by Gasteiger charge is -2.02. The normalized spacial score (nSPS) is 10.7. The van der Waals surface area contributed by atoms with Crippen molar-refractivity contribution in [2.45, 2.75) is 32.2 Å². The first-order valence-electron chi connectivity index (χ1n) is 5.64. The number of unbranched alkanes of at least 4 members (excludes halogenated alkanes) is 3. The minimum atomic E-state index is 0.932. The molecule has 2 nitrogen and oxygen atoms in total. The van der Waals surface area contributed by atoms with Crippen LogP contribution in [0.4, 0.5) is 0 Å². The van der Waals surface area contributed by atoms with Crippen molar-refractivity contribution in [1.29, 1.82) is 0 Å². The maximum absolute atomic E-state index is 4.99. The zero-order valence-electron chi connectivity index (χ0n) is 9.50. The Balaban J connectivity index is 1.81. The van der Waals surface area contributed by atoms with Crippen LogP contribution in [0.5, 0.6) is 0 Å². The van der Waals surface area contributed by atoms with Crippen molar-refractivity contribution in [3.8, 4) is 0 Å². The molecule has 1 N–H and O–H groups in total. The molecule has 0 amide bonds. The molecule has 0 fully saturated rings. The molecule has 0 spiro atoms. The Morgan fingerprint density at radius 2 is 2.13 bits per heavy atom. The fourth-order valence-corrected chi connectivity index (χ4v) is 1.97. The summed E-state index contributed by atoms with van der Waals surface area (Å²) < 4.78 is 4.99. The molecule has 0 aromatic carbocycles. The van der Waals surface area contributed by atoms with Crippen LogP contribution in [0.1, 0.15) is 31.2 Å². The van der Waals surface area contributed by atoms with Crippen molar-refractivity contribution in [2.75, 3.05) is 18.6 Å². The second-order valence-electron chi connectivity index (χ2n) is 3.72. The molecule has 0 aliphatic carbocycles. The molecule has 0 unspecified atom stereocenters. The first-order chi connectivity index (χ1) is 7.43. The van der Waals surface area contributed by atoms with Crippen molar-refractivity contribution in [3.05, 3.63) is 24.2 Å². The third-order valence-corrected chi connectivity index (χ3v) is 3.06. The van der Waals surface area contributed by atoms with E-state index in [0.717, 1.165) is 13.1 Å². The Hall–Kier alpha value is -0.410. The van der Waals surface area contributed by atoms with E-state index < -0.39 is 0 Å². The van der Waals surface area contributed by atoms with Gasteiger partial charge in [-0.2, -0.15) is 11.8 Å². The second-order valence-corrected chi connectivity index (χ2v) is 4.70. The summed E-state index contributed by atoms with van der Waals surface area (Å²) in [7, 11) is 0. The smallest absolute Gasteiger partial charge is 0.0947 e. The SMILES string of the molecule is CSCCCCCCNCc1ccoc1. The summed E-state index contributed by atoms with van der Waals surface area (Å²) in [5.41, 5.74) is 1.23. The van der Waals surface area contributed by atoms with Gasteiger partial charge in [-0.15, -0.1) is 0 Å². The molecule has 0 saturated heterocycles. The van der Waals surface area contributed by atoms with Crippen LogP contribution in [-0.2, 0) is 6.54 Å². The van der Waals surface area contributed by atoms with E-state index >= 15 is 0 Å². The predicted molar refractivity (Wildman–Crippen MR) is 67.3 cm³/mol. The van der Waals surface area contributed by atoms with E-state index in [-0.39, 0.29) is 0 Å². The van der Waals surface area contributed by atoms with E-state index in [0.29, 0.717) is 0 Å². The third kappa shape index (κ3) is 6.63. The summed E-state index contributed by atoms with van der Waals surface area (Å²) in [6, 6.07) is 2.01. The Labute approximate surface area is 96.8 Å². The highest BCUT2D eigenvalue weighted by atomic mass is 32.2. The molecular weight excluding hydrogens is 206 g/mol. The largest absolute Gasteiger partial charge is 0.472 e. The molecule has 15 heavy (non-hydrogen) atoms. The standard InChI is InChI=1S/C12H21NOS/c1-15-9-5-3-2-4-7-13-10-12-6-8-14-11-12/h6,8,11,13H,2-5,7,9-10H2,1H3. The highest BCUT2D eigenvalue weighted by Crippen LogP contribution is 2.04. The van der Waals surface area contributed by atoms with Crippen LogP contribution in [0.25, 0.3) is 0 Å². The fourth-order valence-electron chi connectivity index (χ4n) is 1.48. The Bertz CT molecular complexity index is 224. The number of nitrogens with one attached hydrogen (secondary N) is 1. The van der Waals surface area contributed by atoms with E-state index in [2.05, 4.69) is 11.6 Å². The molecule has 0 aliphatic heterocycles. The quantitative estimate of drug-likeness (QED) is 0.655. The zero-order valence-corrected chi connectivity index (χ0v) is 10.3. The lowest BCUT2D eigenvalue weighted by atomic mass is 10.2. The van der Waals surface area contributed by atoms with Crippen LogP contribution >= 0.6 is 11.8 Å². The molecule has 1 heterocycles. The first-order valence-corrected chi connectivity index (χ1v) is 7.03. The number of furan rings is 1. The third-order valence-electron chi connectivity index (χ3n) is 2.36. The number of rotatable bonds is 9. The summed E-state index contributed by atoms with van der Waals surface area (Å²) in [6.07, 6.45) is 11.1. The lowest BCUT2D eigenvalue weighted by molar-refractivity contribution is 0.557. The summed E-state index contributed by atoms with van der Waals surface area (Å²) in [4.78, 5) is 0. The Morgan fingerprint density at radius 3 is 2.87 bits per heavy atom. The van der Waals surface area contributed by atoms with Gasteiger partial charge in [-0.05, 0) is 37.5 Å². The monoisotopic (exact) mass is 227 g/mol. The van der Waals surface area contributed by atoms with Gasteiger partial charge in [-0.1, -0.05) is 12.8 Å². The second kappa shape index (κ2) is 8.86.